The molecule has 1 fully saturated rings. The van der Waals surface area contributed by atoms with E-state index in [-0.39, 0.29) is 35.3 Å². The third kappa shape index (κ3) is 12.4. The fraction of sp³-hybridized carbons (Fsp3) is 0.477. The molecular weight excluding hydrogens is 608 g/mol. The molecule has 0 radical (unpaired) electrons. The highest BCUT2D eigenvalue weighted by molar-refractivity contribution is 5.96. The van der Waals surface area contributed by atoms with Crippen molar-refractivity contribution in [1.82, 2.24) is 0 Å². The van der Waals surface area contributed by atoms with Crippen LogP contribution in [0.25, 0.3) is 0 Å². The summed E-state index contributed by atoms with van der Waals surface area (Å²) >= 11 is 0. The second kappa shape index (κ2) is 18.1. The third-order valence-corrected chi connectivity index (χ3v) is 10.1. The Balaban J connectivity index is 1.91. The van der Waals surface area contributed by atoms with Crippen molar-refractivity contribution in [3.8, 4) is 0 Å². The fourth-order valence-corrected chi connectivity index (χ4v) is 6.72. The Hall–Kier alpha value is -3.99. The summed E-state index contributed by atoms with van der Waals surface area (Å²) in [5, 5.41) is 0. The number of rotatable bonds is 13. The van der Waals surface area contributed by atoms with Crippen LogP contribution in [0.1, 0.15) is 109 Å². The van der Waals surface area contributed by atoms with Crippen molar-refractivity contribution >= 4 is 17.7 Å². The molecule has 0 N–H and O–H groups in total. The molecular formula is C44H60O5. The molecule has 0 aromatic carbocycles. The van der Waals surface area contributed by atoms with Crippen molar-refractivity contribution in [1.29, 1.82) is 0 Å². The van der Waals surface area contributed by atoms with Crippen LogP contribution in [0.3, 0.4) is 0 Å². The molecule has 2 rings (SSSR count). The molecule has 0 amide bonds. The number of ketones is 1. The van der Waals surface area contributed by atoms with Crippen molar-refractivity contribution in [3.63, 3.8) is 0 Å². The molecule has 5 nitrogen and oxygen atoms in total. The molecule has 0 spiro atoms. The first kappa shape index (κ1) is 41.2. The van der Waals surface area contributed by atoms with Crippen molar-refractivity contribution in [3.05, 3.63) is 119 Å². The maximum Gasteiger partial charge on any atom is 0.302 e. The van der Waals surface area contributed by atoms with Crippen LogP contribution < -0.4 is 0 Å². The van der Waals surface area contributed by atoms with E-state index in [2.05, 4.69) is 77.2 Å². The van der Waals surface area contributed by atoms with E-state index in [0.717, 1.165) is 35.1 Å². The Bertz CT molecular complexity index is 1540. The molecule has 2 aliphatic rings. The minimum absolute atomic E-state index is 0.0479. The van der Waals surface area contributed by atoms with E-state index >= 15 is 0 Å². The molecule has 3 atom stereocenters. The zero-order valence-electron chi connectivity index (χ0n) is 32.1. The lowest BCUT2D eigenvalue weighted by Gasteiger charge is -2.39. The van der Waals surface area contributed by atoms with Crippen LogP contribution in [-0.2, 0) is 23.9 Å². The van der Waals surface area contributed by atoms with Gasteiger partial charge in [-0.1, -0.05) is 141 Å². The smallest absolute Gasteiger partial charge is 0.302 e. The van der Waals surface area contributed by atoms with Gasteiger partial charge in [0.2, 0.25) is 0 Å². The van der Waals surface area contributed by atoms with Crippen molar-refractivity contribution in [2.45, 2.75) is 121 Å². The van der Waals surface area contributed by atoms with Gasteiger partial charge in [0.05, 0.1) is 0 Å². The SMILES string of the molecule is CC(=O)O[C@@H]1CC(C)=C(/C=C/C(C)=C/C=C/C(C)=C/C=C/C=C(C)/C=C/C=C(C)/C=C/C(=O)[C@]2(C)CC[C@@H](OC(C)=O)C2(C)C)C(C)(C)C1. The van der Waals surface area contributed by atoms with Gasteiger partial charge in [-0.25, -0.2) is 0 Å². The first-order chi connectivity index (χ1) is 22.8. The van der Waals surface area contributed by atoms with Gasteiger partial charge in [-0.2, -0.15) is 0 Å². The maximum atomic E-state index is 13.2. The predicted octanol–water partition coefficient (Wildman–Crippen LogP) is 10.9. The molecule has 266 valence electrons. The van der Waals surface area contributed by atoms with Crippen LogP contribution in [0.4, 0.5) is 0 Å². The van der Waals surface area contributed by atoms with Crippen LogP contribution in [0.5, 0.6) is 0 Å². The van der Waals surface area contributed by atoms with Gasteiger partial charge >= 0.3 is 11.9 Å². The number of esters is 2. The Kier molecular flexibility index (Phi) is 15.2. The quantitative estimate of drug-likeness (QED) is 0.111. The first-order valence-corrected chi connectivity index (χ1v) is 17.5. The van der Waals surface area contributed by atoms with Crippen molar-refractivity contribution in [2.75, 3.05) is 0 Å². The lowest BCUT2D eigenvalue weighted by Crippen LogP contribution is -2.43. The number of allylic oxidation sites excluding steroid dienone is 19. The Morgan fingerprint density at radius 2 is 1.14 bits per heavy atom. The van der Waals surface area contributed by atoms with Gasteiger partial charge < -0.3 is 9.47 Å². The Labute approximate surface area is 296 Å². The summed E-state index contributed by atoms with van der Waals surface area (Å²) in [5.74, 6) is -0.448. The second-order valence-corrected chi connectivity index (χ2v) is 15.2. The highest BCUT2D eigenvalue weighted by Crippen LogP contribution is 2.54. The third-order valence-electron chi connectivity index (χ3n) is 10.1. The molecule has 0 unspecified atom stereocenters. The van der Waals surface area contributed by atoms with E-state index in [9.17, 15) is 14.4 Å². The molecule has 5 heteroatoms. The normalized spacial score (nSPS) is 25.5. The summed E-state index contributed by atoms with van der Waals surface area (Å²) in [6, 6.07) is 0. The van der Waals surface area contributed by atoms with Crippen LogP contribution >= 0.6 is 0 Å². The monoisotopic (exact) mass is 668 g/mol. The highest BCUT2D eigenvalue weighted by Gasteiger charge is 2.56. The summed E-state index contributed by atoms with van der Waals surface area (Å²) in [7, 11) is 0. The topological polar surface area (TPSA) is 69.7 Å². The maximum absolute atomic E-state index is 13.2. The molecule has 0 heterocycles. The van der Waals surface area contributed by atoms with Crippen LogP contribution in [0.15, 0.2) is 119 Å². The molecule has 0 aromatic rings. The van der Waals surface area contributed by atoms with E-state index < -0.39 is 10.8 Å². The van der Waals surface area contributed by atoms with Gasteiger partial charge in [0, 0.05) is 31.1 Å². The van der Waals surface area contributed by atoms with E-state index in [1.807, 2.05) is 71.1 Å². The van der Waals surface area contributed by atoms with Gasteiger partial charge in [-0.15, -0.1) is 0 Å². The lowest BCUT2D eigenvalue weighted by atomic mass is 9.66. The van der Waals surface area contributed by atoms with Crippen molar-refractivity contribution in [2.24, 2.45) is 16.2 Å². The van der Waals surface area contributed by atoms with Gasteiger partial charge in [-0.3, -0.25) is 14.4 Å². The Morgan fingerprint density at radius 1 is 0.653 bits per heavy atom. The van der Waals surface area contributed by atoms with Gasteiger partial charge in [-0.05, 0) is 70.9 Å². The average molecular weight is 669 g/mol. The van der Waals surface area contributed by atoms with Crippen LogP contribution in [-0.4, -0.2) is 29.9 Å². The summed E-state index contributed by atoms with van der Waals surface area (Å²) in [6.07, 6.45) is 31.1. The summed E-state index contributed by atoms with van der Waals surface area (Å²) in [6.45, 7) is 23.7. The van der Waals surface area contributed by atoms with Crippen molar-refractivity contribution < 1.29 is 23.9 Å². The second-order valence-electron chi connectivity index (χ2n) is 15.2. The first-order valence-electron chi connectivity index (χ1n) is 17.5. The molecule has 0 bridgehead atoms. The zero-order chi connectivity index (χ0) is 37.0. The minimum Gasteiger partial charge on any atom is -0.462 e. The minimum atomic E-state index is -0.578. The van der Waals surface area contributed by atoms with Crippen LogP contribution in [0, 0.1) is 16.2 Å². The largest absolute Gasteiger partial charge is 0.462 e. The van der Waals surface area contributed by atoms with Gasteiger partial charge in [0.25, 0.3) is 0 Å². The van der Waals surface area contributed by atoms with E-state index in [4.69, 9.17) is 9.47 Å². The molecule has 0 saturated heterocycles. The van der Waals surface area contributed by atoms with E-state index in [1.54, 1.807) is 6.08 Å². The number of ether oxygens (including phenoxy) is 2. The van der Waals surface area contributed by atoms with Crippen LogP contribution in [0.2, 0.25) is 0 Å². The Morgan fingerprint density at radius 3 is 1.65 bits per heavy atom. The number of hydrogen-bond donors (Lipinski definition) is 0. The summed E-state index contributed by atoms with van der Waals surface area (Å²) in [4.78, 5) is 36.2. The molecule has 0 aliphatic heterocycles. The summed E-state index contributed by atoms with van der Waals surface area (Å²) < 4.78 is 11.0. The molecule has 0 aromatic heterocycles. The standard InChI is InChI=1S/C44H60O5/c1-31(19-15-21-33(3)23-25-39-35(5)29-38(48-36(6)45)30-42(39,8)9)17-13-14-18-32(2)20-16-22-34(4)24-26-40(47)44(12)28-27-41(43(44,10)11)49-37(7)46/h13-26,38,41H,27-30H2,1-12H3/b14-13+,19-15+,20-16+,25-23+,26-24+,31-17+,32-18+,33-21+,34-22+/t38-,41-,44+/m1/s1. The lowest BCUT2D eigenvalue weighted by molar-refractivity contribution is -0.155. The average Bonchev–Trinajstić information content (AvgIpc) is 3.20. The number of hydrogen-bond acceptors (Lipinski definition) is 5. The highest BCUT2D eigenvalue weighted by atomic mass is 16.5. The summed E-state index contributed by atoms with van der Waals surface area (Å²) in [5.41, 5.74) is 5.92. The van der Waals surface area contributed by atoms with Gasteiger partial charge in [0.15, 0.2) is 5.78 Å². The number of carbonyl (C=O) groups excluding carboxylic acids is 3. The predicted molar refractivity (Wildman–Crippen MR) is 204 cm³/mol. The molecule has 49 heavy (non-hydrogen) atoms. The zero-order valence-corrected chi connectivity index (χ0v) is 32.1. The van der Waals surface area contributed by atoms with Gasteiger partial charge in [0.1, 0.15) is 12.2 Å². The van der Waals surface area contributed by atoms with E-state index in [1.165, 1.54) is 25.0 Å². The van der Waals surface area contributed by atoms with E-state index in [0.29, 0.717) is 12.8 Å². The fourth-order valence-electron chi connectivity index (χ4n) is 6.72. The molecule has 1 saturated carbocycles. The number of carbonyl (C=O) groups is 3. The molecule has 2 aliphatic carbocycles.